The second-order valence-corrected chi connectivity index (χ2v) is 8.93. The largest absolute Gasteiger partial charge is 0.493 e. The SMILES string of the molecule is COC(=O)C1=C(C)Nc2sc(C(=O)Nc3cc(C)on3)c(N)c2C1c1cc(OC)c(OC)c(OC)c1. The van der Waals surface area contributed by atoms with Gasteiger partial charge in [0.15, 0.2) is 17.3 Å². The summed E-state index contributed by atoms with van der Waals surface area (Å²) in [7, 11) is 5.82. The predicted octanol–water partition coefficient (Wildman–Crippen LogP) is 3.91. The molecule has 1 aliphatic rings. The molecule has 0 spiro atoms. The molecule has 1 unspecified atom stereocenters. The van der Waals surface area contributed by atoms with Crippen LogP contribution >= 0.6 is 11.3 Å². The molecule has 4 rings (SSSR count). The average Bonchev–Trinajstić information content (AvgIpc) is 3.43. The molecule has 0 saturated carbocycles. The molecule has 1 amide bonds. The molecule has 2 aromatic heterocycles. The van der Waals surface area contributed by atoms with Crippen molar-refractivity contribution in [2.24, 2.45) is 0 Å². The lowest BCUT2D eigenvalue weighted by Gasteiger charge is -2.29. The number of nitrogens with one attached hydrogen (secondary N) is 2. The summed E-state index contributed by atoms with van der Waals surface area (Å²) >= 11 is 1.17. The molecule has 3 heterocycles. The molecular formula is C24H26N4O7S. The average molecular weight is 515 g/mol. The number of carbonyl (C=O) groups excluding carboxylic acids is 2. The van der Waals surface area contributed by atoms with Crippen molar-refractivity contribution < 1.29 is 33.1 Å². The highest BCUT2D eigenvalue weighted by Crippen LogP contribution is 2.52. The molecule has 0 bridgehead atoms. The summed E-state index contributed by atoms with van der Waals surface area (Å²) in [5.74, 6) is 0.345. The highest BCUT2D eigenvalue weighted by Gasteiger charge is 2.38. The Morgan fingerprint density at radius 3 is 2.28 bits per heavy atom. The van der Waals surface area contributed by atoms with Crippen LogP contribution in [0.5, 0.6) is 17.2 Å². The second kappa shape index (κ2) is 9.82. The van der Waals surface area contributed by atoms with Crippen molar-refractivity contribution in [1.29, 1.82) is 0 Å². The number of hydrogen-bond donors (Lipinski definition) is 3. The number of esters is 1. The fourth-order valence-electron chi connectivity index (χ4n) is 4.18. The maximum atomic E-state index is 13.1. The lowest BCUT2D eigenvalue weighted by molar-refractivity contribution is -0.136. The van der Waals surface area contributed by atoms with Crippen LogP contribution in [-0.2, 0) is 9.53 Å². The molecule has 3 aromatic rings. The first kappa shape index (κ1) is 24.9. The molecule has 36 heavy (non-hydrogen) atoms. The minimum Gasteiger partial charge on any atom is -0.493 e. The number of amides is 1. The van der Waals surface area contributed by atoms with E-state index in [1.165, 1.54) is 39.8 Å². The van der Waals surface area contributed by atoms with Crippen LogP contribution in [0.4, 0.5) is 16.5 Å². The van der Waals surface area contributed by atoms with Gasteiger partial charge in [0.2, 0.25) is 5.75 Å². The molecule has 4 N–H and O–H groups in total. The number of hydrogen-bond acceptors (Lipinski definition) is 11. The van der Waals surface area contributed by atoms with Crippen LogP contribution in [0.3, 0.4) is 0 Å². The van der Waals surface area contributed by atoms with E-state index in [4.69, 9.17) is 29.2 Å². The first-order valence-electron chi connectivity index (χ1n) is 10.8. The maximum Gasteiger partial charge on any atom is 0.336 e. The van der Waals surface area contributed by atoms with E-state index in [2.05, 4.69) is 15.8 Å². The summed E-state index contributed by atoms with van der Waals surface area (Å²) in [5.41, 5.74) is 8.87. The lowest BCUT2D eigenvalue weighted by Crippen LogP contribution is -2.24. The molecule has 12 heteroatoms. The molecule has 190 valence electrons. The van der Waals surface area contributed by atoms with E-state index in [0.717, 1.165) is 0 Å². The van der Waals surface area contributed by atoms with Gasteiger partial charge in [-0.25, -0.2) is 4.79 Å². The number of allylic oxidation sites excluding steroid dienone is 1. The van der Waals surface area contributed by atoms with Crippen LogP contribution in [0.25, 0.3) is 0 Å². The number of aromatic nitrogens is 1. The Bertz CT molecular complexity index is 1350. The molecule has 1 aromatic carbocycles. The van der Waals surface area contributed by atoms with Gasteiger partial charge in [-0.2, -0.15) is 0 Å². The second-order valence-electron chi connectivity index (χ2n) is 7.91. The van der Waals surface area contributed by atoms with Gasteiger partial charge in [0.05, 0.1) is 44.7 Å². The van der Waals surface area contributed by atoms with Crippen LogP contribution < -0.4 is 30.6 Å². The van der Waals surface area contributed by atoms with Gasteiger partial charge >= 0.3 is 5.97 Å². The fourth-order valence-corrected chi connectivity index (χ4v) is 5.29. The van der Waals surface area contributed by atoms with Crippen LogP contribution in [0, 0.1) is 6.92 Å². The number of thiophene rings is 1. The number of aryl methyl sites for hydroxylation is 1. The maximum absolute atomic E-state index is 13.1. The third kappa shape index (κ3) is 4.19. The number of nitrogen functional groups attached to an aromatic ring is 1. The number of nitrogens with two attached hydrogens (primary N) is 1. The predicted molar refractivity (Wildman–Crippen MR) is 134 cm³/mol. The zero-order chi connectivity index (χ0) is 26.1. The number of rotatable bonds is 7. The Hall–Kier alpha value is -4.19. The molecule has 1 aliphatic heterocycles. The van der Waals surface area contributed by atoms with Gasteiger partial charge in [0.1, 0.15) is 10.6 Å². The molecule has 1 atom stereocenters. The number of nitrogens with zero attached hydrogens (tertiary/aromatic N) is 1. The zero-order valence-corrected chi connectivity index (χ0v) is 21.4. The van der Waals surface area contributed by atoms with Crippen LogP contribution in [0.2, 0.25) is 0 Å². The highest BCUT2D eigenvalue weighted by molar-refractivity contribution is 7.19. The minimum atomic E-state index is -0.686. The number of ether oxygens (including phenoxy) is 4. The number of benzene rings is 1. The number of methoxy groups -OCH3 is 4. The Balaban J connectivity index is 1.89. The van der Waals surface area contributed by atoms with Gasteiger partial charge in [-0.15, -0.1) is 11.3 Å². The number of fused-ring (bicyclic) bond motifs is 1. The first-order valence-corrected chi connectivity index (χ1v) is 11.6. The van der Waals surface area contributed by atoms with Crippen molar-refractivity contribution in [3.63, 3.8) is 0 Å². The van der Waals surface area contributed by atoms with Crippen molar-refractivity contribution in [1.82, 2.24) is 5.16 Å². The zero-order valence-electron chi connectivity index (χ0n) is 20.6. The molecule has 11 nitrogen and oxygen atoms in total. The number of anilines is 3. The highest BCUT2D eigenvalue weighted by atomic mass is 32.1. The minimum absolute atomic E-state index is 0.216. The van der Waals surface area contributed by atoms with Gasteiger partial charge in [-0.3, -0.25) is 4.79 Å². The quantitative estimate of drug-likeness (QED) is 0.396. The molecule has 0 saturated heterocycles. The van der Waals surface area contributed by atoms with Crippen molar-refractivity contribution in [2.75, 3.05) is 44.8 Å². The summed E-state index contributed by atoms with van der Waals surface area (Å²) < 4.78 is 26.6. The van der Waals surface area contributed by atoms with Gasteiger partial charge in [0.25, 0.3) is 5.91 Å². The van der Waals surface area contributed by atoms with E-state index >= 15 is 0 Å². The summed E-state index contributed by atoms with van der Waals surface area (Å²) in [5, 5.41) is 10.3. The molecule has 0 fully saturated rings. The van der Waals surface area contributed by atoms with Gasteiger partial charge in [-0.05, 0) is 31.5 Å². The van der Waals surface area contributed by atoms with Crippen LogP contribution in [0.1, 0.15) is 39.4 Å². The van der Waals surface area contributed by atoms with E-state index in [9.17, 15) is 9.59 Å². The van der Waals surface area contributed by atoms with Gasteiger partial charge in [-0.1, -0.05) is 5.16 Å². The van der Waals surface area contributed by atoms with Crippen molar-refractivity contribution >= 4 is 39.7 Å². The summed E-state index contributed by atoms with van der Waals surface area (Å²) in [6.07, 6.45) is 0. The van der Waals surface area contributed by atoms with Crippen molar-refractivity contribution in [3.8, 4) is 17.2 Å². The summed E-state index contributed by atoms with van der Waals surface area (Å²) in [6, 6.07) is 5.08. The normalized spacial score (nSPS) is 14.6. The molecule has 0 aliphatic carbocycles. The van der Waals surface area contributed by atoms with E-state index in [-0.39, 0.29) is 16.4 Å². The van der Waals surface area contributed by atoms with Crippen LogP contribution in [-0.4, -0.2) is 45.5 Å². The van der Waals surface area contributed by atoms with E-state index < -0.39 is 17.8 Å². The first-order chi connectivity index (χ1) is 17.2. The Labute approximate surface area is 211 Å². The molecular weight excluding hydrogens is 488 g/mol. The van der Waals surface area contributed by atoms with Crippen LogP contribution in [0.15, 0.2) is 34.0 Å². The summed E-state index contributed by atoms with van der Waals surface area (Å²) in [4.78, 5) is 26.3. The Morgan fingerprint density at radius 1 is 1.08 bits per heavy atom. The van der Waals surface area contributed by atoms with E-state index in [1.54, 1.807) is 32.0 Å². The van der Waals surface area contributed by atoms with E-state index in [1.807, 2.05) is 0 Å². The van der Waals surface area contributed by atoms with E-state index in [0.29, 0.717) is 50.4 Å². The lowest BCUT2D eigenvalue weighted by atomic mass is 9.81. The smallest absolute Gasteiger partial charge is 0.336 e. The Kier molecular flexibility index (Phi) is 6.80. The standard InChI is InChI=1S/C24H26N4O7S/c1-10-7-15(28-35-10)27-22(29)21-19(25)18-17(16(24(30)34-6)11(2)26-23(18)36-21)12-8-13(31-3)20(33-5)14(9-12)32-4/h7-9,17,26H,25H2,1-6H3,(H,27,28,29). The Morgan fingerprint density at radius 2 is 1.75 bits per heavy atom. The fraction of sp³-hybridized carbons (Fsp3) is 0.292. The van der Waals surface area contributed by atoms with Gasteiger partial charge < -0.3 is 39.8 Å². The third-order valence-electron chi connectivity index (χ3n) is 5.77. The number of carbonyl (C=O) groups is 2. The summed E-state index contributed by atoms with van der Waals surface area (Å²) in [6.45, 7) is 3.48. The molecule has 0 radical (unpaired) electrons. The third-order valence-corrected chi connectivity index (χ3v) is 6.90. The topological polar surface area (TPSA) is 147 Å². The van der Waals surface area contributed by atoms with Gasteiger partial charge in [0, 0.05) is 23.2 Å². The monoisotopic (exact) mass is 514 g/mol. The van der Waals surface area contributed by atoms with Crippen molar-refractivity contribution in [2.45, 2.75) is 19.8 Å². The van der Waals surface area contributed by atoms with Crippen molar-refractivity contribution in [3.05, 3.63) is 51.2 Å².